The van der Waals surface area contributed by atoms with Crippen LogP contribution in [-0.4, -0.2) is 31.7 Å². The molecule has 0 saturated carbocycles. The van der Waals surface area contributed by atoms with Crippen LogP contribution < -0.4 is 11.1 Å². The number of nitrogens with two attached hydrogens (primary N) is 1. The molecule has 0 saturated heterocycles. The van der Waals surface area contributed by atoms with Crippen LogP contribution in [0.4, 0.5) is 0 Å². The summed E-state index contributed by atoms with van der Waals surface area (Å²) in [5.74, 6) is -0.285. The van der Waals surface area contributed by atoms with E-state index in [1.165, 1.54) is 0 Å². The molecule has 0 aromatic heterocycles. The summed E-state index contributed by atoms with van der Waals surface area (Å²) >= 11 is 0. The molecule has 0 aliphatic carbocycles. The SMILES string of the molecule is CCCNC(CC)(COC)CC(N)=O. The second kappa shape index (κ2) is 6.79. The van der Waals surface area contributed by atoms with Gasteiger partial charge in [-0.05, 0) is 19.4 Å². The maximum atomic E-state index is 10.9. The fraction of sp³-hybridized carbons (Fsp3) is 0.900. The van der Waals surface area contributed by atoms with Crippen molar-refractivity contribution < 1.29 is 9.53 Å². The highest BCUT2D eigenvalue weighted by Crippen LogP contribution is 2.15. The zero-order chi connectivity index (χ0) is 11.0. The quantitative estimate of drug-likeness (QED) is 0.607. The Labute approximate surface area is 86.2 Å². The van der Waals surface area contributed by atoms with Gasteiger partial charge in [0.2, 0.25) is 5.91 Å². The van der Waals surface area contributed by atoms with Gasteiger partial charge in [0.05, 0.1) is 12.1 Å². The third-order valence-electron chi connectivity index (χ3n) is 2.36. The molecule has 0 bridgehead atoms. The zero-order valence-electron chi connectivity index (χ0n) is 9.43. The van der Waals surface area contributed by atoms with E-state index in [0.29, 0.717) is 13.0 Å². The van der Waals surface area contributed by atoms with Gasteiger partial charge in [-0.2, -0.15) is 0 Å². The van der Waals surface area contributed by atoms with Gasteiger partial charge in [-0.3, -0.25) is 4.79 Å². The van der Waals surface area contributed by atoms with Crippen LogP contribution in [0.3, 0.4) is 0 Å². The van der Waals surface area contributed by atoms with Gasteiger partial charge in [-0.1, -0.05) is 13.8 Å². The summed E-state index contributed by atoms with van der Waals surface area (Å²) in [6.45, 7) is 5.52. The second-order valence-electron chi connectivity index (χ2n) is 3.64. The molecule has 1 atom stereocenters. The average Bonchev–Trinajstić information content (AvgIpc) is 2.14. The molecule has 4 heteroatoms. The number of amides is 1. The molecular weight excluding hydrogens is 180 g/mol. The minimum absolute atomic E-state index is 0.281. The first-order valence-electron chi connectivity index (χ1n) is 5.12. The van der Waals surface area contributed by atoms with Crippen LogP contribution in [0, 0.1) is 0 Å². The van der Waals surface area contributed by atoms with Crippen LogP contribution >= 0.6 is 0 Å². The Morgan fingerprint density at radius 1 is 1.50 bits per heavy atom. The number of nitrogens with one attached hydrogen (secondary N) is 1. The summed E-state index contributed by atoms with van der Waals surface area (Å²) in [6, 6.07) is 0. The molecule has 4 nitrogen and oxygen atoms in total. The smallest absolute Gasteiger partial charge is 0.219 e. The molecule has 3 N–H and O–H groups in total. The number of hydrogen-bond acceptors (Lipinski definition) is 3. The van der Waals surface area contributed by atoms with Crippen LogP contribution in [0.15, 0.2) is 0 Å². The van der Waals surface area contributed by atoms with Crippen molar-refractivity contribution in [2.24, 2.45) is 5.73 Å². The van der Waals surface area contributed by atoms with E-state index < -0.39 is 0 Å². The highest BCUT2D eigenvalue weighted by atomic mass is 16.5. The molecule has 1 amide bonds. The van der Waals surface area contributed by atoms with Gasteiger partial charge in [0, 0.05) is 13.5 Å². The summed E-state index contributed by atoms with van der Waals surface area (Å²) in [5.41, 5.74) is 4.94. The Bertz CT molecular complexity index is 174. The van der Waals surface area contributed by atoms with Gasteiger partial charge in [0.25, 0.3) is 0 Å². The van der Waals surface area contributed by atoms with E-state index in [-0.39, 0.29) is 11.4 Å². The van der Waals surface area contributed by atoms with E-state index in [1.54, 1.807) is 7.11 Å². The molecule has 0 rings (SSSR count). The molecule has 0 radical (unpaired) electrons. The van der Waals surface area contributed by atoms with Gasteiger partial charge < -0.3 is 15.8 Å². The van der Waals surface area contributed by atoms with Gasteiger partial charge in [-0.25, -0.2) is 0 Å². The third-order valence-corrected chi connectivity index (χ3v) is 2.36. The van der Waals surface area contributed by atoms with Crippen LogP contribution in [0.2, 0.25) is 0 Å². The van der Waals surface area contributed by atoms with Crippen molar-refractivity contribution >= 4 is 5.91 Å². The van der Waals surface area contributed by atoms with E-state index in [4.69, 9.17) is 10.5 Å². The van der Waals surface area contributed by atoms with Crippen LogP contribution in [0.25, 0.3) is 0 Å². The lowest BCUT2D eigenvalue weighted by atomic mass is 9.92. The van der Waals surface area contributed by atoms with Crippen molar-refractivity contribution in [3.05, 3.63) is 0 Å². The number of carbonyl (C=O) groups excluding carboxylic acids is 1. The lowest BCUT2D eigenvalue weighted by Crippen LogP contribution is -2.51. The maximum Gasteiger partial charge on any atom is 0.219 e. The average molecular weight is 202 g/mol. The molecule has 0 spiro atoms. The number of primary amides is 1. The predicted molar refractivity (Wildman–Crippen MR) is 57.0 cm³/mol. The Morgan fingerprint density at radius 2 is 2.14 bits per heavy atom. The van der Waals surface area contributed by atoms with E-state index in [2.05, 4.69) is 12.2 Å². The summed E-state index contributed by atoms with van der Waals surface area (Å²) in [6.07, 6.45) is 2.20. The summed E-state index contributed by atoms with van der Waals surface area (Å²) in [4.78, 5) is 10.9. The molecule has 0 aromatic rings. The first-order chi connectivity index (χ1) is 6.60. The summed E-state index contributed by atoms with van der Waals surface area (Å²) < 4.78 is 5.13. The molecular formula is C10H22N2O2. The number of methoxy groups -OCH3 is 1. The Morgan fingerprint density at radius 3 is 2.50 bits per heavy atom. The normalized spacial score (nSPS) is 15.1. The molecule has 0 fully saturated rings. The van der Waals surface area contributed by atoms with Gasteiger partial charge in [-0.15, -0.1) is 0 Å². The largest absolute Gasteiger partial charge is 0.383 e. The Kier molecular flexibility index (Phi) is 6.49. The number of rotatable bonds is 8. The summed E-state index contributed by atoms with van der Waals surface area (Å²) in [5, 5.41) is 3.34. The van der Waals surface area contributed by atoms with E-state index >= 15 is 0 Å². The fourth-order valence-corrected chi connectivity index (χ4v) is 1.52. The van der Waals surface area contributed by atoms with Crippen molar-refractivity contribution in [3.63, 3.8) is 0 Å². The molecule has 0 aliphatic rings. The second-order valence-corrected chi connectivity index (χ2v) is 3.64. The van der Waals surface area contributed by atoms with Gasteiger partial charge in [0.15, 0.2) is 0 Å². The van der Waals surface area contributed by atoms with E-state index in [1.807, 2.05) is 6.92 Å². The highest BCUT2D eigenvalue weighted by Gasteiger charge is 2.29. The lowest BCUT2D eigenvalue weighted by molar-refractivity contribution is -0.120. The standard InChI is InChI=1S/C10H22N2O2/c1-4-6-12-10(5-2,8-14-3)7-9(11)13/h12H,4-8H2,1-3H3,(H2,11,13). The van der Waals surface area contributed by atoms with Crippen molar-refractivity contribution in [2.45, 2.75) is 38.6 Å². The minimum Gasteiger partial charge on any atom is -0.383 e. The molecule has 0 aliphatic heterocycles. The third kappa shape index (κ3) is 4.58. The number of carbonyl (C=O) groups is 1. The van der Waals surface area contributed by atoms with E-state index in [9.17, 15) is 4.79 Å². The first-order valence-corrected chi connectivity index (χ1v) is 5.12. The monoisotopic (exact) mass is 202 g/mol. The number of hydrogen-bond donors (Lipinski definition) is 2. The Hall–Kier alpha value is -0.610. The fourth-order valence-electron chi connectivity index (χ4n) is 1.52. The van der Waals surface area contributed by atoms with Crippen molar-refractivity contribution in [3.8, 4) is 0 Å². The molecule has 1 unspecified atom stereocenters. The van der Waals surface area contributed by atoms with E-state index in [0.717, 1.165) is 19.4 Å². The summed E-state index contributed by atoms with van der Waals surface area (Å²) in [7, 11) is 1.64. The molecule has 14 heavy (non-hydrogen) atoms. The van der Waals surface area contributed by atoms with Crippen LogP contribution in [0.1, 0.15) is 33.1 Å². The maximum absolute atomic E-state index is 10.9. The topological polar surface area (TPSA) is 64.3 Å². The van der Waals surface area contributed by atoms with Crippen molar-refractivity contribution in [2.75, 3.05) is 20.3 Å². The van der Waals surface area contributed by atoms with Gasteiger partial charge >= 0.3 is 0 Å². The highest BCUT2D eigenvalue weighted by molar-refractivity contribution is 5.75. The number of ether oxygens (including phenoxy) is 1. The molecule has 0 aromatic carbocycles. The van der Waals surface area contributed by atoms with Crippen molar-refractivity contribution in [1.82, 2.24) is 5.32 Å². The molecule has 0 heterocycles. The lowest BCUT2D eigenvalue weighted by Gasteiger charge is -2.32. The van der Waals surface area contributed by atoms with Crippen molar-refractivity contribution in [1.29, 1.82) is 0 Å². The first kappa shape index (κ1) is 13.4. The zero-order valence-corrected chi connectivity index (χ0v) is 9.43. The Balaban J connectivity index is 4.33. The van der Waals surface area contributed by atoms with Crippen LogP contribution in [-0.2, 0) is 9.53 Å². The molecule has 84 valence electrons. The minimum atomic E-state index is -0.285. The van der Waals surface area contributed by atoms with Gasteiger partial charge in [0.1, 0.15) is 0 Å². The predicted octanol–water partition coefficient (Wildman–Crippen LogP) is 0.657. The van der Waals surface area contributed by atoms with Crippen LogP contribution in [0.5, 0.6) is 0 Å².